The van der Waals surface area contributed by atoms with Crippen LogP contribution >= 0.6 is 0 Å². The van der Waals surface area contributed by atoms with Gasteiger partial charge in [-0.1, -0.05) is 30.3 Å². The molecule has 0 unspecified atom stereocenters. The molecule has 1 aromatic carbocycles. The molecular weight excluding hydrogens is 240 g/mol. The van der Waals surface area contributed by atoms with E-state index < -0.39 is 5.60 Å². The van der Waals surface area contributed by atoms with E-state index in [1.165, 1.54) is 5.56 Å². The van der Waals surface area contributed by atoms with Crippen LogP contribution < -0.4 is 11.1 Å². The molecular formula is C15H24N2O2. The summed E-state index contributed by atoms with van der Waals surface area (Å²) in [6.07, 6.45) is 0.464. The molecule has 0 spiro atoms. The molecule has 0 aliphatic carbocycles. The lowest BCUT2D eigenvalue weighted by Gasteiger charge is -2.21. The Morgan fingerprint density at radius 3 is 2.47 bits per heavy atom. The summed E-state index contributed by atoms with van der Waals surface area (Å²) in [6.45, 7) is 6.59. The highest BCUT2D eigenvalue weighted by atomic mass is 16.6. The number of carbonyl (C=O) groups excluding carboxylic acids is 1. The first-order chi connectivity index (χ1) is 8.90. The topological polar surface area (TPSA) is 64.3 Å². The maximum atomic E-state index is 11.6. The van der Waals surface area contributed by atoms with Crippen LogP contribution in [0, 0.1) is 5.92 Å². The largest absolute Gasteiger partial charge is 0.444 e. The minimum atomic E-state index is -0.471. The Morgan fingerprint density at radius 2 is 1.95 bits per heavy atom. The van der Waals surface area contributed by atoms with Gasteiger partial charge in [-0.2, -0.15) is 0 Å². The molecule has 4 heteroatoms. The first-order valence-corrected chi connectivity index (χ1v) is 6.61. The van der Waals surface area contributed by atoms with Crippen molar-refractivity contribution in [3.05, 3.63) is 35.9 Å². The minimum Gasteiger partial charge on any atom is -0.444 e. The Bertz CT molecular complexity index is 385. The van der Waals surface area contributed by atoms with Crippen LogP contribution in [0.4, 0.5) is 4.79 Å². The number of nitrogens with two attached hydrogens (primary N) is 1. The number of ether oxygens (including phenoxy) is 1. The second-order valence-corrected chi connectivity index (χ2v) is 5.67. The number of benzene rings is 1. The van der Waals surface area contributed by atoms with Gasteiger partial charge >= 0.3 is 6.09 Å². The molecule has 0 fully saturated rings. The molecule has 4 nitrogen and oxygen atoms in total. The Hall–Kier alpha value is -1.55. The summed E-state index contributed by atoms with van der Waals surface area (Å²) >= 11 is 0. The average molecular weight is 264 g/mol. The fraction of sp³-hybridized carbons (Fsp3) is 0.533. The molecule has 0 saturated heterocycles. The number of hydrogen-bond acceptors (Lipinski definition) is 3. The van der Waals surface area contributed by atoms with E-state index in [0.717, 1.165) is 6.42 Å². The molecule has 19 heavy (non-hydrogen) atoms. The van der Waals surface area contributed by atoms with Crippen molar-refractivity contribution in [2.24, 2.45) is 11.7 Å². The van der Waals surface area contributed by atoms with E-state index in [4.69, 9.17) is 10.5 Å². The molecule has 0 bridgehead atoms. The van der Waals surface area contributed by atoms with E-state index in [0.29, 0.717) is 13.1 Å². The van der Waals surface area contributed by atoms with Gasteiger partial charge in [0, 0.05) is 6.54 Å². The normalized spacial score (nSPS) is 12.8. The quantitative estimate of drug-likeness (QED) is 0.858. The lowest BCUT2D eigenvalue weighted by Crippen LogP contribution is -2.37. The molecule has 106 valence electrons. The average Bonchev–Trinajstić information content (AvgIpc) is 2.33. The summed E-state index contributed by atoms with van der Waals surface area (Å²) in [7, 11) is 0. The van der Waals surface area contributed by atoms with E-state index in [-0.39, 0.29) is 12.0 Å². The molecule has 0 aromatic heterocycles. The monoisotopic (exact) mass is 264 g/mol. The number of alkyl carbamates (subject to hydrolysis) is 1. The predicted molar refractivity (Wildman–Crippen MR) is 76.9 cm³/mol. The second-order valence-electron chi connectivity index (χ2n) is 5.67. The first-order valence-electron chi connectivity index (χ1n) is 6.61. The van der Waals surface area contributed by atoms with Gasteiger partial charge in [-0.3, -0.25) is 0 Å². The van der Waals surface area contributed by atoms with Crippen molar-refractivity contribution < 1.29 is 9.53 Å². The van der Waals surface area contributed by atoms with Crippen molar-refractivity contribution in [2.45, 2.75) is 32.8 Å². The zero-order chi connectivity index (χ0) is 14.3. The maximum Gasteiger partial charge on any atom is 0.407 e. The molecule has 1 rings (SSSR count). The van der Waals surface area contributed by atoms with Gasteiger partial charge in [-0.25, -0.2) is 4.79 Å². The van der Waals surface area contributed by atoms with Crippen LogP contribution in [0.5, 0.6) is 0 Å². The summed E-state index contributed by atoms with van der Waals surface area (Å²) in [6, 6.07) is 10.1. The van der Waals surface area contributed by atoms with Crippen molar-refractivity contribution in [2.75, 3.05) is 13.1 Å². The Kier molecular flexibility index (Phi) is 5.83. The summed E-state index contributed by atoms with van der Waals surface area (Å²) in [5, 5.41) is 2.77. The van der Waals surface area contributed by atoms with Crippen molar-refractivity contribution in [1.29, 1.82) is 0 Å². The molecule has 3 N–H and O–H groups in total. The SMILES string of the molecule is CC(C)(C)OC(=O)NC[C@H](CN)Cc1ccccc1. The number of amides is 1. The second kappa shape index (κ2) is 7.14. The van der Waals surface area contributed by atoms with Gasteiger partial charge in [0.2, 0.25) is 0 Å². The van der Waals surface area contributed by atoms with Crippen LogP contribution in [-0.4, -0.2) is 24.8 Å². The fourth-order valence-electron chi connectivity index (χ4n) is 1.73. The van der Waals surface area contributed by atoms with Crippen molar-refractivity contribution >= 4 is 6.09 Å². The van der Waals surface area contributed by atoms with Gasteiger partial charge in [0.25, 0.3) is 0 Å². The van der Waals surface area contributed by atoms with Crippen molar-refractivity contribution in [3.8, 4) is 0 Å². The number of hydrogen-bond donors (Lipinski definition) is 2. The summed E-state index contributed by atoms with van der Waals surface area (Å²) < 4.78 is 5.19. The van der Waals surface area contributed by atoms with Gasteiger partial charge in [-0.05, 0) is 45.2 Å². The van der Waals surface area contributed by atoms with Gasteiger partial charge in [-0.15, -0.1) is 0 Å². The molecule has 1 aromatic rings. The van der Waals surface area contributed by atoms with Crippen LogP contribution in [0.25, 0.3) is 0 Å². The molecule has 1 atom stereocenters. The van der Waals surface area contributed by atoms with E-state index >= 15 is 0 Å². The molecule has 1 amide bonds. The van der Waals surface area contributed by atoms with Crippen LogP contribution in [0.1, 0.15) is 26.3 Å². The predicted octanol–water partition coefficient (Wildman–Crippen LogP) is 2.33. The van der Waals surface area contributed by atoms with E-state index in [1.54, 1.807) is 0 Å². The molecule has 0 saturated carbocycles. The van der Waals surface area contributed by atoms with Crippen LogP contribution in [0.3, 0.4) is 0 Å². The lowest BCUT2D eigenvalue weighted by molar-refractivity contribution is 0.0520. The van der Waals surface area contributed by atoms with Crippen LogP contribution in [0.2, 0.25) is 0 Å². The van der Waals surface area contributed by atoms with E-state index in [1.807, 2.05) is 39.0 Å². The van der Waals surface area contributed by atoms with Crippen molar-refractivity contribution in [1.82, 2.24) is 5.32 Å². The van der Waals surface area contributed by atoms with E-state index in [9.17, 15) is 4.79 Å². The Morgan fingerprint density at radius 1 is 1.32 bits per heavy atom. The summed E-state index contributed by atoms with van der Waals surface area (Å²) in [5.41, 5.74) is 6.50. The number of nitrogens with one attached hydrogen (secondary N) is 1. The third-order valence-electron chi connectivity index (χ3n) is 2.63. The summed E-state index contributed by atoms with van der Waals surface area (Å²) in [4.78, 5) is 11.6. The lowest BCUT2D eigenvalue weighted by atomic mass is 9.99. The van der Waals surface area contributed by atoms with E-state index in [2.05, 4.69) is 17.4 Å². The molecule has 0 radical (unpaired) electrons. The first kappa shape index (κ1) is 15.5. The van der Waals surface area contributed by atoms with Crippen molar-refractivity contribution in [3.63, 3.8) is 0 Å². The Balaban J connectivity index is 2.39. The zero-order valence-electron chi connectivity index (χ0n) is 12.0. The number of rotatable bonds is 5. The standard InChI is InChI=1S/C15H24N2O2/c1-15(2,3)19-14(18)17-11-13(10-16)9-12-7-5-4-6-8-12/h4-8,13H,9-11,16H2,1-3H3,(H,17,18)/t13-/m0/s1. The smallest absolute Gasteiger partial charge is 0.407 e. The van der Waals surface area contributed by atoms with Crippen LogP contribution in [-0.2, 0) is 11.2 Å². The number of carbonyl (C=O) groups is 1. The van der Waals surface area contributed by atoms with Crippen LogP contribution in [0.15, 0.2) is 30.3 Å². The van der Waals surface area contributed by atoms with Gasteiger partial charge < -0.3 is 15.8 Å². The minimum absolute atomic E-state index is 0.218. The summed E-state index contributed by atoms with van der Waals surface area (Å²) in [5.74, 6) is 0.218. The maximum absolute atomic E-state index is 11.6. The van der Waals surface area contributed by atoms with Gasteiger partial charge in [0.05, 0.1) is 0 Å². The molecule has 0 aliphatic heterocycles. The zero-order valence-corrected chi connectivity index (χ0v) is 12.0. The fourth-order valence-corrected chi connectivity index (χ4v) is 1.73. The highest BCUT2D eigenvalue weighted by Crippen LogP contribution is 2.09. The molecule has 0 heterocycles. The highest BCUT2D eigenvalue weighted by Gasteiger charge is 2.17. The third kappa shape index (κ3) is 6.82. The van der Waals surface area contributed by atoms with Gasteiger partial charge in [0.15, 0.2) is 0 Å². The third-order valence-corrected chi connectivity index (χ3v) is 2.63. The molecule has 0 aliphatic rings. The van der Waals surface area contributed by atoms with Gasteiger partial charge in [0.1, 0.15) is 5.60 Å². The highest BCUT2D eigenvalue weighted by molar-refractivity contribution is 5.67. The Labute approximate surface area is 115 Å².